The number of fused-ring (bicyclic) bond motifs is 1. The van der Waals surface area contributed by atoms with Gasteiger partial charge in [0.1, 0.15) is 5.75 Å². The lowest BCUT2D eigenvalue weighted by Crippen LogP contribution is -2.18. The lowest BCUT2D eigenvalue weighted by molar-refractivity contribution is 0.0360. The van der Waals surface area contributed by atoms with Crippen LogP contribution in [0.15, 0.2) is 45.7 Å². The summed E-state index contributed by atoms with van der Waals surface area (Å²) in [7, 11) is 0. The summed E-state index contributed by atoms with van der Waals surface area (Å²) < 4.78 is 17.6. The average Bonchev–Trinajstić information content (AvgIpc) is 3.00. The summed E-state index contributed by atoms with van der Waals surface area (Å²) in [6, 6.07) is 10.3. The van der Waals surface area contributed by atoms with Crippen molar-refractivity contribution in [1.29, 1.82) is 0 Å². The van der Waals surface area contributed by atoms with Crippen LogP contribution in [0.5, 0.6) is 5.75 Å². The monoisotopic (exact) mass is 619 g/mol. The van der Waals surface area contributed by atoms with Crippen LogP contribution in [0.1, 0.15) is 143 Å². The lowest BCUT2D eigenvalue weighted by Gasteiger charge is -2.23. The highest BCUT2D eigenvalue weighted by Gasteiger charge is 2.15. The van der Waals surface area contributed by atoms with E-state index in [0.29, 0.717) is 29.4 Å². The number of ether oxygens (including phenoxy) is 2. The lowest BCUT2D eigenvalue weighted by atomic mass is 9.90. The summed E-state index contributed by atoms with van der Waals surface area (Å²) in [5.41, 5.74) is 4.40. The fourth-order valence-electron chi connectivity index (χ4n) is 6.21. The van der Waals surface area contributed by atoms with Crippen molar-refractivity contribution in [3.8, 4) is 16.9 Å². The van der Waals surface area contributed by atoms with E-state index < -0.39 is 0 Å². The van der Waals surface area contributed by atoms with Crippen molar-refractivity contribution in [3.05, 3.63) is 58.1 Å². The van der Waals surface area contributed by atoms with Gasteiger partial charge < -0.3 is 13.9 Å². The molecule has 0 spiro atoms. The molecule has 0 bridgehead atoms. The molecule has 0 aliphatic heterocycles. The number of hydrogen-bond acceptors (Lipinski definition) is 5. The second-order valence-electron chi connectivity index (χ2n) is 14.1. The Balaban J connectivity index is 1.34. The molecule has 0 aliphatic rings. The number of rotatable bonds is 22. The van der Waals surface area contributed by atoms with Gasteiger partial charge in [0.05, 0.1) is 24.5 Å². The van der Waals surface area contributed by atoms with Gasteiger partial charge >= 0.3 is 5.63 Å². The molecule has 1 aromatic carbocycles. The molecule has 3 aromatic rings. The van der Waals surface area contributed by atoms with Crippen LogP contribution in [0.25, 0.3) is 22.2 Å². The zero-order chi connectivity index (χ0) is 32.5. The molecule has 250 valence electrons. The Labute approximate surface area is 273 Å². The van der Waals surface area contributed by atoms with Crippen LogP contribution in [0.3, 0.4) is 0 Å². The smallest absolute Gasteiger partial charge is 0.345 e. The molecule has 5 heteroatoms. The van der Waals surface area contributed by atoms with Gasteiger partial charge in [0, 0.05) is 12.0 Å². The van der Waals surface area contributed by atoms with E-state index in [0.717, 1.165) is 49.0 Å². The predicted molar refractivity (Wildman–Crippen MR) is 189 cm³/mol. The first kappa shape index (κ1) is 36.8. The van der Waals surface area contributed by atoms with Gasteiger partial charge in [-0.2, -0.15) is 0 Å². The molecular formula is C40H61NO4. The van der Waals surface area contributed by atoms with Gasteiger partial charge in [0.25, 0.3) is 0 Å². The number of unbranched alkanes of at least 4 members (excludes halogenated alkanes) is 11. The second-order valence-corrected chi connectivity index (χ2v) is 14.1. The van der Waals surface area contributed by atoms with Crippen LogP contribution in [-0.4, -0.2) is 24.3 Å². The van der Waals surface area contributed by atoms with Crippen LogP contribution in [-0.2, 0) is 17.6 Å². The summed E-state index contributed by atoms with van der Waals surface area (Å²) in [4.78, 5) is 17.3. The largest absolute Gasteiger partial charge is 0.492 e. The summed E-state index contributed by atoms with van der Waals surface area (Å²) in [6.45, 7) is 15.0. The third-order valence-electron chi connectivity index (χ3n) is 8.58. The second kappa shape index (κ2) is 19.8. The maximum atomic E-state index is 12.9. The Kier molecular flexibility index (Phi) is 16.2. The van der Waals surface area contributed by atoms with Crippen molar-refractivity contribution in [2.45, 2.75) is 150 Å². The average molecular weight is 620 g/mol. The molecule has 2 heterocycles. The predicted octanol–water partition coefficient (Wildman–Crippen LogP) is 11.3. The fraction of sp³-hybridized carbons (Fsp3) is 0.650. The topological polar surface area (TPSA) is 61.6 Å². The Morgan fingerprint density at radius 1 is 0.800 bits per heavy atom. The van der Waals surface area contributed by atoms with E-state index >= 15 is 0 Å². The molecule has 0 aliphatic carbocycles. The molecule has 45 heavy (non-hydrogen) atoms. The molecule has 1 unspecified atom stereocenters. The van der Waals surface area contributed by atoms with E-state index in [1.54, 1.807) is 6.20 Å². The standard InChI is InChI=1S/C40H61NO4/c1-7-9-18-21-32-22-23-36(33(8-2)26-32)37-28-34-27-35(30-41-38(34)45-39(37)42)44-25-20-17-15-13-11-10-12-14-16-19-24-43-31(3)29-40(4,5)6/h22-23,26-28,30-31H,7-21,24-25,29H2,1-6H3. The summed E-state index contributed by atoms with van der Waals surface area (Å²) in [6.07, 6.45) is 21.3. The minimum Gasteiger partial charge on any atom is -0.492 e. The van der Waals surface area contributed by atoms with Gasteiger partial charge in [0.2, 0.25) is 5.71 Å². The van der Waals surface area contributed by atoms with Gasteiger partial charge in [-0.15, -0.1) is 0 Å². The Morgan fingerprint density at radius 3 is 2.11 bits per heavy atom. The molecule has 1 atom stereocenters. The molecule has 0 N–H and O–H groups in total. The Morgan fingerprint density at radius 2 is 1.47 bits per heavy atom. The minimum atomic E-state index is -0.344. The van der Waals surface area contributed by atoms with E-state index in [-0.39, 0.29) is 5.63 Å². The van der Waals surface area contributed by atoms with Crippen molar-refractivity contribution < 1.29 is 13.9 Å². The van der Waals surface area contributed by atoms with Crippen LogP contribution in [0.4, 0.5) is 0 Å². The first-order valence-corrected chi connectivity index (χ1v) is 18.0. The van der Waals surface area contributed by atoms with E-state index in [2.05, 4.69) is 64.7 Å². The maximum Gasteiger partial charge on any atom is 0.345 e. The van der Waals surface area contributed by atoms with E-state index in [1.807, 2.05) is 12.1 Å². The normalized spacial score (nSPS) is 12.6. The molecule has 0 radical (unpaired) electrons. The van der Waals surface area contributed by atoms with E-state index in [4.69, 9.17) is 13.9 Å². The molecular weight excluding hydrogens is 558 g/mol. The zero-order valence-corrected chi connectivity index (χ0v) is 29.3. The van der Waals surface area contributed by atoms with Crippen LogP contribution >= 0.6 is 0 Å². The molecule has 3 rings (SSSR count). The van der Waals surface area contributed by atoms with Gasteiger partial charge in [-0.25, -0.2) is 9.78 Å². The summed E-state index contributed by atoms with van der Waals surface area (Å²) in [5.74, 6) is 0.721. The van der Waals surface area contributed by atoms with Crippen molar-refractivity contribution in [2.24, 2.45) is 5.41 Å². The summed E-state index contributed by atoms with van der Waals surface area (Å²) in [5, 5.41) is 0.791. The Bertz CT molecular complexity index is 1320. The number of benzene rings is 1. The number of hydrogen-bond donors (Lipinski definition) is 0. The third kappa shape index (κ3) is 13.7. The zero-order valence-electron chi connectivity index (χ0n) is 29.3. The van der Waals surface area contributed by atoms with Crippen LogP contribution in [0.2, 0.25) is 0 Å². The molecule has 0 fully saturated rings. The van der Waals surface area contributed by atoms with E-state index in [1.165, 1.54) is 88.2 Å². The van der Waals surface area contributed by atoms with Crippen molar-refractivity contribution in [1.82, 2.24) is 4.98 Å². The molecule has 0 saturated carbocycles. The number of pyridine rings is 1. The first-order valence-electron chi connectivity index (χ1n) is 18.0. The molecule has 2 aromatic heterocycles. The highest BCUT2D eigenvalue weighted by Crippen LogP contribution is 2.28. The van der Waals surface area contributed by atoms with Crippen molar-refractivity contribution in [3.63, 3.8) is 0 Å². The molecule has 5 nitrogen and oxygen atoms in total. The van der Waals surface area contributed by atoms with Crippen LogP contribution < -0.4 is 10.4 Å². The van der Waals surface area contributed by atoms with Gasteiger partial charge in [-0.3, -0.25) is 0 Å². The molecule has 0 saturated heterocycles. The fourth-order valence-corrected chi connectivity index (χ4v) is 6.21. The highest BCUT2D eigenvalue weighted by molar-refractivity contribution is 5.81. The third-order valence-corrected chi connectivity index (χ3v) is 8.58. The van der Waals surface area contributed by atoms with Gasteiger partial charge in [-0.1, -0.05) is 117 Å². The summed E-state index contributed by atoms with van der Waals surface area (Å²) >= 11 is 0. The van der Waals surface area contributed by atoms with Gasteiger partial charge in [-0.05, 0) is 79.7 Å². The van der Waals surface area contributed by atoms with E-state index in [9.17, 15) is 4.79 Å². The minimum absolute atomic E-state index is 0.341. The highest BCUT2D eigenvalue weighted by atomic mass is 16.5. The molecule has 0 amide bonds. The van der Waals surface area contributed by atoms with Crippen LogP contribution in [0, 0.1) is 5.41 Å². The SMILES string of the molecule is CCCCCc1ccc(-c2cc3cc(OCCCCCCCCCCCCOC(C)CC(C)(C)C)cnc3oc2=O)c(CC)c1. The Hall–Kier alpha value is -2.66. The van der Waals surface area contributed by atoms with Crippen molar-refractivity contribution in [2.75, 3.05) is 13.2 Å². The quantitative estimate of drug-likeness (QED) is 0.105. The van der Waals surface area contributed by atoms with Crippen molar-refractivity contribution >= 4 is 11.1 Å². The van der Waals surface area contributed by atoms with Gasteiger partial charge in [0.15, 0.2) is 0 Å². The maximum absolute atomic E-state index is 12.9. The first-order chi connectivity index (χ1) is 21.7. The number of aryl methyl sites for hydroxylation is 2. The number of nitrogens with zero attached hydrogens (tertiary/aromatic N) is 1. The number of aromatic nitrogens is 1.